The number of carboxylic acid groups (broad SMARTS) is 1. The van der Waals surface area contributed by atoms with E-state index in [2.05, 4.69) is 0 Å². The van der Waals surface area contributed by atoms with Crippen LogP contribution in [0.4, 0.5) is 4.79 Å². The third-order valence-corrected chi connectivity index (χ3v) is 3.55. The molecule has 1 unspecified atom stereocenters. The van der Waals surface area contributed by atoms with E-state index in [-0.39, 0.29) is 18.4 Å². The van der Waals surface area contributed by atoms with Gasteiger partial charge in [-0.05, 0) is 30.9 Å². The fourth-order valence-electron chi connectivity index (χ4n) is 2.60. The topological polar surface area (TPSA) is 74.0 Å². The summed E-state index contributed by atoms with van der Waals surface area (Å²) in [6.07, 6.45) is 3.44. The Morgan fingerprint density at radius 1 is 1.55 bits per heavy atom. The van der Waals surface area contributed by atoms with Gasteiger partial charge in [0.1, 0.15) is 5.76 Å². The second kappa shape index (κ2) is 6.45. The highest BCUT2D eigenvalue weighted by atomic mass is 16.4. The predicted molar refractivity (Wildman–Crippen MR) is 72.1 cm³/mol. The van der Waals surface area contributed by atoms with Crippen molar-refractivity contribution in [2.75, 3.05) is 20.1 Å². The molecule has 1 aromatic heterocycles. The summed E-state index contributed by atoms with van der Waals surface area (Å²) in [6.45, 7) is 1.64. The highest BCUT2D eigenvalue weighted by molar-refractivity contribution is 5.74. The third kappa shape index (κ3) is 3.76. The molecule has 1 aliphatic rings. The molecule has 0 spiro atoms. The minimum Gasteiger partial charge on any atom is -0.481 e. The van der Waals surface area contributed by atoms with Crippen LogP contribution in [0.25, 0.3) is 0 Å². The first-order valence-electron chi connectivity index (χ1n) is 6.80. The van der Waals surface area contributed by atoms with Gasteiger partial charge in [0.05, 0.1) is 12.8 Å². The Balaban J connectivity index is 1.89. The number of hydrogen-bond acceptors (Lipinski definition) is 3. The lowest BCUT2D eigenvalue weighted by atomic mass is 9.95. The van der Waals surface area contributed by atoms with Gasteiger partial charge in [0, 0.05) is 26.6 Å². The first-order chi connectivity index (χ1) is 9.56. The first kappa shape index (κ1) is 14.4. The zero-order valence-electron chi connectivity index (χ0n) is 11.6. The van der Waals surface area contributed by atoms with Gasteiger partial charge in [-0.3, -0.25) is 4.79 Å². The van der Waals surface area contributed by atoms with Gasteiger partial charge in [0.15, 0.2) is 0 Å². The van der Waals surface area contributed by atoms with Crippen LogP contribution in [0.2, 0.25) is 0 Å². The third-order valence-electron chi connectivity index (χ3n) is 3.55. The lowest BCUT2D eigenvalue weighted by Crippen LogP contribution is -2.46. The number of piperidine rings is 1. The average molecular weight is 280 g/mol. The maximum absolute atomic E-state index is 12.3. The van der Waals surface area contributed by atoms with Crippen molar-refractivity contribution in [1.82, 2.24) is 9.80 Å². The molecule has 20 heavy (non-hydrogen) atoms. The number of urea groups is 1. The number of furan rings is 1. The van der Waals surface area contributed by atoms with Crippen molar-refractivity contribution < 1.29 is 19.1 Å². The first-order valence-corrected chi connectivity index (χ1v) is 6.80. The summed E-state index contributed by atoms with van der Waals surface area (Å²) in [7, 11) is 1.73. The van der Waals surface area contributed by atoms with Gasteiger partial charge >= 0.3 is 12.0 Å². The number of rotatable bonds is 4. The lowest BCUT2D eigenvalue weighted by molar-refractivity contribution is -0.138. The van der Waals surface area contributed by atoms with Gasteiger partial charge in [-0.15, -0.1) is 0 Å². The summed E-state index contributed by atoms with van der Waals surface area (Å²) in [5.74, 6) is -0.00426. The lowest BCUT2D eigenvalue weighted by Gasteiger charge is -2.34. The van der Waals surface area contributed by atoms with Crippen molar-refractivity contribution in [3.05, 3.63) is 24.2 Å². The Labute approximate surface area is 118 Å². The summed E-state index contributed by atoms with van der Waals surface area (Å²) in [5.41, 5.74) is 0. The van der Waals surface area contributed by atoms with E-state index >= 15 is 0 Å². The van der Waals surface area contributed by atoms with Gasteiger partial charge in [-0.25, -0.2) is 4.79 Å². The van der Waals surface area contributed by atoms with Gasteiger partial charge in [0.2, 0.25) is 0 Å². The Hall–Kier alpha value is -1.98. The molecule has 2 heterocycles. The monoisotopic (exact) mass is 280 g/mol. The summed E-state index contributed by atoms with van der Waals surface area (Å²) in [4.78, 5) is 26.4. The van der Waals surface area contributed by atoms with Crippen molar-refractivity contribution in [3.8, 4) is 0 Å². The number of likely N-dealkylation sites (tertiary alicyclic amines) is 1. The largest absolute Gasteiger partial charge is 0.481 e. The van der Waals surface area contributed by atoms with E-state index in [0.717, 1.165) is 18.6 Å². The molecule has 1 aliphatic heterocycles. The van der Waals surface area contributed by atoms with Crippen LogP contribution in [0.15, 0.2) is 22.8 Å². The molecule has 1 fully saturated rings. The van der Waals surface area contributed by atoms with Crippen LogP contribution < -0.4 is 0 Å². The molecule has 0 aliphatic carbocycles. The van der Waals surface area contributed by atoms with Gasteiger partial charge in [-0.1, -0.05) is 0 Å². The molecule has 6 heteroatoms. The summed E-state index contributed by atoms with van der Waals surface area (Å²) in [6, 6.07) is 3.54. The number of carboxylic acids is 1. The van der Waals surface area contributed by atoms with Crippen LogP contribution in [-0.4, -0.2) is 47.0 Å². The Morgan fingerprint density at radius 3 is 3.00 bits per heavy atom. The van der Waals surface area contributed by atoms with Gasteiger partial charge < -0.3 is 19.3 Å². The van der Waals surface area contributed by atoms with Crippen LogP contribution in [0.1, 0.15) is 25.0 Å². The molecule has 0 saturated carbocycles. The highest BCUT2D eigenvalue weighted by Gasteiger charge is 2.27. The van der Waals surface area contributed by atoms with Crippen molar-refractivity contribution >= 4 is 12.0 Å². The van der Waals surface area contributed by atoms with Crippen LogP contribution in [0.3, 0.4) is 0 Å². The minimum absolute atomic E-state index is 0.0576. The molecule has 1 atom stereocenters. The highest BCUT2D eigenvalue weighted by Crippen LogP contribution is 2.20. The van der Waals surface area contributed by atoms with E-state index in [1.165, 1.54) is 0 Å². The van der Waals surface area contributed by atoms with E-state index in [4.69, 9.17) is 9.52 Å². The zero-order valence-corrected chi connectivity index (χ0v) is 11.6. The van der Waals surface area contributed by atoms with E-state index in [9.17, 15) is 9.59 Å². The maximum Gasteiger partial charge on any atom is 0.320 e. The van der Waals surface area contributed by atoms with Crippen molar-refractivity contribution in [2.24, 2.45) is 5.92 Å². The van der Waals surface area contributed by atoms with Crippen molar-refractivity contribution in [3.63, 3.8) is 0 Å². The van der Waals surface area contributed by atoms with Gasteiger partial charge in [0.25, 0.3) is 0 Å². The summed E-state index contributed by atoms with van der Waals surface area (Å²) >= 11 is 0. The molecule has 1 N–H and O–H groups in total. The van der Waals surface area contributed by atoms with Crippen molar-refractivity contribution in [1.29, 1.82) is 0 Å². The van der Waals surface area contributed by atoms with E-state index in [1.54, 1.807) is 29.2 Å². The number of hydrogen-bond donors (Lipinski definition) is 1. The number of amides is 2. The molecule has 2 amide bonds. The SMILES string of the molecule is CN(Cc1ccco1)C(=O)N1CCCC(CC(=O)O)C1. The molecule has 0 radical (unpaired) electrons. The molecule has 1 aromatic rings. The number of nitrogens with zero attached hydrogens (tertiary/aromatic N) is 2. The van der Waals surface area contributed by atoms with Crippen molar-refractivity contribution in [2.45, 2.75) is 25.8 Å². The number of carbonyl (C=O) groups is 2. The molecule has 0 aromatic carbocycles. The van der Waals surface area contributed by atoms with Crippen LogP contribution in [0.5, 0.6) is 0 Å². The normalized spacial score (nSPS) is 18.9. The van der Waals surface area contributed by atoms with E-state index in [0.29, 0.717) is 19.6 Å². The summed E-state index contributed by atoms with van der Waals surface area (Å²) < 4.78 is 5.23. The molecule has 0 bridgehead atoms. The molecule has 6 nitrogen and oxygen atoms in total. The standard InChI is InChI=1S/C14H20N2O4/c1-15(10-12-5-3-7-20-12)14(19)16-6-2-4-11(9-16)8-13(17)18/h3,5,7,11H,2,4,6,8-10H2,1H3,(H,17,18). The van der Waals surface area contributed by atoms with E-state index < -0.39 is 5.97 Å². The van der Waals surface area contributed by atoms with Crippen LogP contribution in [-0.2, 0) is 11.3 Å². The maximum atomic E-state index is 12.3. The van der Waals surface area contributed by atoms with Gasteiger partial charge in [-0.2, -0.15) is 0 Å². The molecule has 2 rings (SSSR count). The molecular weight excluding hydrogens is 260 g/mol. The fraction of sp³-hybridized carbons (Fsp3) is 0.571. The van der Waals surface area contributed by atoms with Crippen LogP contribution >= 0.6 is 0 Å². The predicted octanol–water partition coefficient (Wildman–Crippen LogP) is 2.02. The minimum atomic E-state index is -0.798. The number of carbonyl (C=O) groups excluding carboxylic acids is 1. The molecule has 110 valence electrons. The van der Waals surface area contributed by atoms with Crippen LogP contribution in [0, 0.1) is 5.92 Å². The molecule has 1 saturated heterocycles. The zero-order chi connectivity index (χ0) is 14.5. The average Bonchev–Trinajstić information content (AvgIpc) is 2.90. The second-order valence-corrected chi connectivity index (χ2v) is 5.27. The quantitative estimate of drug-likeness (QED) is 0.915. The Kier molecular flexibility index (Phi) is 4.65. The molecular formula is C14H20N2O4. The second-order valence-electron chi connectivity index (χ2n) is 5.27. The van der Waals surface area contributed by atoms with E-state index in [1.807, 2.05) is 6.07 Å². The Morgan fingerprint density at radius 2 is 2.35 bits per heavy atom. The summed E-state index contributed by atoms with van der Waals surface area (Å²) in [5, 5.41) is 8.84. The number of aliphatic carboxylic acids is 1. The smallest absolute Gasteiger partial charge is 0.320 e. The fourth-order valence-corrected chi connectivity index (χ4v) is 2.60. The Bertz CT molecular complexity index is 458.